The summed E-state index contributed by atoms with van der Waals surface area (Å²) < 4.78 is 13.4. The molecule has 0 saturated carbocycles. The molecule has 1 unspecified atom stereocenters. The van der Waals surface area contributed by atoms with E-state index in [0.29, 0.717) is 22.0 Å². The van der Waals surface area contributed by atoms with Gasteiger partial charge in [-0.3, -0.25) is 14.4 Å². The van der Waals surface area contributed by atoms with Crippen molar-refractivity contribution < 1.29 is 18.8 Å². The highest BCUT2D eigenvalue weighted by Crippen LogP contribution is 2.27. The summed E-state index contributed by atoms with van der Waals surface area (Å²) in [6.07, 6.45) is 0.361. The van der Waals surface area contributed by atoms with Gasteiger partial charge < -0.3 is 15.5 Å². The molecule has 2 aromatic carbocycles. The normalized spacial score (nSPS) is 16.2. The molecule has 0 radical (unpaired) electrons. The van der Waals surface area contributed by atoms with Gasteiger partial charge in [0.2, 0.25) is 18.0 Å². The molecule has 0 bridgehead atoms. The molecular formula is C24H22FN5O3S. The van der Waals surface area contributed by atoms with Crippen LogP contribution in [0.2, 0.25) is 0 Å². The van der Waals surface area contributed by atoms with Gasteiger partial charge in [-0.15, -0.1) is 11.3 Å². The maximum atomic E-state index is 13.4. The topological polar surface area (TPSA) is 104 Å². The van der Waals surface area contributed by atoms with Crippen LogP contribution in [0.5, 0.6) is 0 Å². The van der Waals surface area contributed by atoms with Crippen molar-refractivity contribution in [1.82, 2.24) is 15.6 Å². The van der Waals surface area contributed by atoms with Gasteiger partial charge in [-0.2, -0.15) is 0 Å². The van der Waals surface area contributed by atoms with Gasteiger partial charge in [0, 0.05) is 24.2 Å². The minimum absolute atomic E-state index is 0.0812. The van der Waals surface area contributed by atoms with Crippen LogP contribution in [-0.2, 0) is 20.8 Å². The highest BCUT2D eigenvalue weighted by molar-refractivity contribution is 7.12. The van der Waals surface area contributed by atoms with Gasteiger partial charge in [0.25, 0.3) is 5.91 Å². The number of hydrogen-bond acceptors (Lipinski definition) is 6. The molecule has 0 spiro atoms. The zero-order chi connectivity index (χ0) is 24.2. The molecule has 0 aliphatic carbocycles. The third-order valence-corrected chi connectivity index (χ3v) is 6.06. The summed E-state index contributed by atoms with van der Waals surface area (Å²) in [5, 5.41) is 7.63. The van der Waals surface area contributed by atoms with E-state index in [1.807, 2.05) is 18.2 Å². The first-order chi connectivity index (χ1) is 16.3. The smallest absolute Gasteiger partial charge is 0.272 e. The maximum absolute atomic E-state index is 13.4. The SMILES string of the molecule is C[C@H](NC(=O)Cc1cccc(F)c1)C(=O)NC1N=C(c2nccs2)c2ccccc2N(C)C1=O. The summed E-state index contributed by atoms with van der Waals surface area (Å²) in [6.45, 7) is 1.50. The van der Waals surface area contributed by atoms with Crippen molar-refractivity contribution in [1.29, 1.82) is 0 Å². The Balaban J connectivity index is 1.51. The van der Waals surface area contributed by atoms with Gasteiger partial charge in [-0.25, -0.2) is 14.4 Å². The predicted molar refractivity (Wildman–Crippen MR) is 127 cm³/mol. The number of benzodiazepines with no additional fused rings is 1. The Kier molecular flexibility index (Phi) is 6.78. The van der Waals surface area contributed by atoms with Crippen LogP contribution in [-0.4, -0.2) is 47.7 Å². The van der Waals surface area contributed by atoms with Crippen LogP contribution in [0.1, 0.15) is 23.1 Å². The minimum Gasteiger partial charge on any atom is -0.344 e. The van der Waals surface area contributed by atoms with Crippen molar-refractivity contribution >= 4 is 40.5 Å². The number of nitrogens with zero attached hydrogens (tertiary/aromatic N) is 3. The van der Waals surface area contributed by atoms with E-state index in [2.05, 4.69) is 20.6 Å². The fraction of sp³-hybridized carbons (Fsp3) is 0.208. The van der Waals surface area contributed by atoms with E-state index >= 15 is 0 Å². The number of carbonyl (C=O) groups excluding carboxylic acids is 3. The van der Waals surface area contributed by atoms with Crippen LogP contribution in [0.15, 0.2) is 65.1 Å². The second-order valence-electron chi connectivity index (χ2n) is 7.74. The highest BCUT2D eigenvalue weighted by Gasteiger charge is 2.32. The summed E-state index contributed by atoms with van der Waals surface area (Å²) in [4.78, 5) is 48.6. The Bertz CT molecular complexity index is 1260. The first-order valence-corrected chi connectivity index (χ1v) is 11.4. The quantitative estimate of drug-likeness (QED) is 0.566. The van der Waals surface area contributed by atoms with E-state index in [0.717, 1.165) is 5.56 Å². The highest BCUT2D eigenvalue weighted by atomic mass is 32.1. The number of aliphatic imine (C=N–C) groups is 1. The van der Waals surface area contributed by atoms with Gasteiger partial charge in [0.05, 0.1) is 12.1 Å². The predicted octanol–water partition coefficient (Wildman–Crippen LogP) is 2.29. The Morgan fingerprint density at radius 3 is 2.74 bits per heavy atom. The number of rotatable bonds is 6. The molecular weight excluding hydrogens is 457 g/mol. The molecule has 34 heavy (non-hydrogen) atoms. The minimum atomic E-state index is -1.20. The molecule has 174 valence electrons. The van der Waals surface area contributed by atoms with E-state index in [9.17, 15) is 18.8 Å². The van der Waals surface area contributed by atoms with Crippen molar-refractivity contribution in [3.63, 3.8) is 0 Å². The monoisotopic (exact) mass is 479 g/mol. The van der Waals surface area contributed by atoms with E-state index in [4.69, 9.17) is 0 Å². The Labute approximate surface area is 199 Å². The van der Waals surface area contributed by atoms with Gasteiger partial charge in [-0.05, 0) is 30.7 Å². The number of likely N-dealkylation sites (N-methyl/N-ethyl adjacent to an activating group) is 1. The fourth-order valence-corrected chi connectivity index (χ4v) is 4.22. The fourth-order valence-electron chi connectivity index (χ4n) is 3.58. The van der Waals surface area contributed by atoms with Crippen molar-refractivity contribution in [2.24, 2.45) is 4.99 Å². The summed E-state index contributed by atoms with van der Waals surface area (Å²) in [5.41, 5.74) is 2.36. The van der Waals surface area contributed by atoms with Crippen molar-refractivity contribution in [3.8, 4) is 0 Å². The number of amides is 3. The summed E-state index contributed by atoms with van der Waals surface area (Å²) >= 11 is 1.37. The molecule has 2 heterocycles. The number of para-hydroxylation sites is 1. The molecule has 2 atom stereocenters. The number of nitrogens with one attached hydrogen (secondary N) is 2. The Hall–Kier alpha value is -3.92. The molecule has 10 heteroatoms. The average molecular weight is 480 g/mol. The van der Waals surface area contributed by atoms with Crippen molar-refractivity contribution in [2.75, 3.05) is 11.9 Å². The number of thiazole rings is 1. The number of hydrogen-bond donors (Lipinski definition) is 2. The largest absolute Gasteiger partial charge is 0.344 e. The number of fused-ring (bicyclic) bond motifs is 1. The molecule has 1 aliphatic heterocycles. The second kappa shape index (κ2) is 9.92. The van der Waals surface area contributed by atoms with Crippen LogP contribution in [0.25, 0.3) is 0 Å². The van der Waals surface area contributed by atoms with E-state index in [1.54, 1.807) is 30.8 Å². The molecule has 1 aliphatic rings. The standard InChI is InChI=1S/C24H22FN5O3S/c1-14(27-19(31)13-15-6-5-7-16(25)12-15)22(32)29-21-24(33)30(2)18-9-4-3-8-17(18)20(28-21)23-26-10-11-34-23/h3-12,14,21H,13H2,1-2H3,(H,27,31)(H,29,32)/t14-,21?/m0/s1. The number of halogens is 1. The lowest BCUT2D eigenvalue weighted by Crippen LogP contribution is -2.52. The van der Waals surface area contributed by atoms with Gasteiger partial charge in [0.15, 0.2) is 0 Å². The van der Waals surface area contributed by atoms with Crippen molar-refractivity contribution in [2.45, 2.75) is 25.6 Å². The van der Waals surface area contributed by atoms with Crippen LogP contribution < -0.4 is 15.5 Å². The molecule has 1 aromatic heterocycles. The third-order valence-electron chi connectivity index (χ3n) is 5.28. The third kappa shape index (κ3) is 5.01. The van der Waals surface area contributed by atoms with Gasteiger partial charge in [-0.1, -0.05) is 30.3 Å². The number of benzene rings is 2. The Morgan fingerprint density at radius 2 is 2.00 bits per heavy atom. The van der Waals surface area contributed by atoms with Crippen LogP contribution >= 0.6 is 11.3 Å². The molecule has 4 rings (SSSR count). The molecule has 0 fully saturated rings. The summed E-state index contributed by atoms with van der Waals surface area (Å²) in [5.74, 6) is -1.89. The zero-order valence-electron chi connectivity index (χ0n) is 18.5. The lowest BCUT2D eigenvalue weighted by molar-refractivity contribution is -0.130. The molecule has 3 amide bonds. The van der Waals surface area contributed by atoms with Gasteiger partial charge in [0.1, 0.15) is 22.6 Å². The lowest BCUT2D eigenvalue weighted by Gasteiger charge is -2.22. The van der Waals surface area contributed by atoms with E-state index in [1.165, 1.54) is 41.4 Å². The maximum Gasteiger partial charge on any atom is 0.272 e. The summed E-state index contributed by atoms with van der Waals surface area (Å²) in [7, 11) is 1.62. The first-order valence-electron chi connectivity index (χ1n) is 10.5. The molecule has 8 nitrogen and oxygen atoms in total. The molecule has 0 saturated heterocycles. The van der Waals surface area contributed by atoms with Crippen LogP contribution in [0.3, 0.4) is 0 Å². The van der Waals surface area contributed by atoms with E-state index in [-0.39, 0.29) is 6.42 Å². The van der Waals surface area contributed by atoms with Crippen molar-refractivity contribution in [3.05, 3.63) is 82.1 Å². The zero-order valence-corrected chi connectivity index (χ0v) is 19.3. The van der Waals surface area contributed by atoms with Crippen LogP contribution in [0, 0.1) is 5.82 Å². The van der Waals surface area contributed by atoms with Gasteiger partial charge >= 0.3 is 0 Å². The summed E-state index contributed by atoms with van der Waals surface area (Å²) in [6, 6.07) is 12.1. The van der Waals surface area contributed by atoms with E-state index < -0.39 is 35.7 Å². The number of carbonyl (C=O) groups is 3. The Morgan fingerprint density at radius 1 is 1.21 bits per heavy atom. The number of anilines is 1. The molecule has 2 N–H and O–H groups in total. The number of aromatic nitrogens is 1. The first kappa shape index (κ1) is 23.2. The second-order valence-corrected chi connectivity index (χ2v) is 8.63. The molecule has 3 aromatic rings. The average Bonchev–Trinajstić information content (AvgIpc) is 3.32. The lowest BCUT2D eigenvalue weighted by atomic mass is 10.1. The van der Waals surface area contributed by atoms with Crippen LogP contribution in [0.4, 0.5) is 10.1 Å².